The summed E-state index contributed by atoms with van der Waals surface area (Å²) in [5.74, 6) is 0.448. The fourth-order valence-corrected chi connectivity index (χ4v) is 2.92. The van der Waals surface area contributed by atoms with Crippen LogP contribution < -0.4 is 16.8 Å². The minimum Gasteiger partial charge on any atom is -0.377 e. The summed E-state index contributed by atoms with van der Waals surface area (Å²) in [5.41, 5.74) is 10.9. The van der Waals surface area contributed by atoms with Crippen molar-refractivity contribution in [2.24, 2.45) is 0 Å². The second-order valence-electron chi connectivity index (χ2n) is 3.35. The minimum atomic E-state index is -2.59. The van der Waals surface area contributed by atoms with Crippen molar-refractivity contribution in [3.8, 4) is 0 Å². The first-order valence-corrected chi connectivity index (χ1v) is 7.15. The molecule has 0 atom stereocenters. The predicted octanol–water partition coefficient (Wildman–Crippen LogP) is -0.674. The summed E-state index contributed by atoms with van der Waals surface area (Å²) in [5, 5.41) is 2.96. The molecule has 0 saturated heterocycles. The van der Waals surface area contributed by atoms with Crippen LogP contribution >= 0.6 is 0 Å². The van der Waals surface area contributed by atoms with Crippen molar-refractivity contribution in [3.63, 3.8) is 0 Å². The lowest BCUT2D eigenvalue weighted by Gasteiger charge is -2.24. The second kappa shape index (κ2) is 6.44. The Morgan fingerprint density at radius 1 is 1.00 bits per heavy atom. The number of nitrogen functional groups attached to an aromatic ring is 2. The molecule has 0 amide bonds. The average Bonchev–Trinajstić information content (AvgIpc) is 2.34. The standard InChI is InChI=1S/C8H18N6O3Si/c1-15-18(16-2,17-3)5-4-11-8-13-6(9)12-7(10)14-8/h4-5H2,1-3H3,(H5,9,10,11,12,13,14). The van der Waals surface area contributed by atoms with Gasteiger partial charge in [-0.2, -0.15) is 15.0 Å². The van der Waals surface area contributed by atoms with Gasteiger partial charge in [0.05, 0.1) is 0 Å². The summed E-state index contributed by atoms with van der Waals surface area (Å²) >= 11 is 0. The fourth-order valence-electron chi connectivity index (χ4n) is 1.37. The lowest BCUT2D eigenvalue weighted by atomic mass is 10.7. The maximum atomic E-state index is 5.45. The van der Waals surface area contributed by atoms with Crippen LogP contribution in [0.1, 0.15) is 0 Å². The van der Waals surface area contributed by atoms with Crippen LogP contribution in [0.25, 0.3) is 0 Å². The zero-order valence-corrected chi connectivity index (χ0v) is 11.6. The molecule has 0 spiro atoms. The number of rotatable bonds is 7. The van der Waals surface area contributed by atoms with Gasteiger partial charge in [-0.3, -0.25) is 0 Å². The zero-order chi connectivity index (χ0) is 13.6. The summed E-state index contributed by atoms with van der Waals surface area (Å²) < 4.78 is 15.8. The Kier molecular flexibility index (Phi) is 5.21. The number of hydrogen-bond donors (Lipinski definition) is 3. The van der Waals surface area contributed by atoms with Gasteiger partial charge in [-0.1, -0.05) is 0 Å². The van der Waals surface area contributed by atoms with E-state index in [-0.39, 0.29) is 11.9 Å². The highest BCUT2D eigenvalue weighted by molar-refractivity contribution is 6.60. The summed E-state index contributed by atoms with van der Waals surface area (Å²) in [4.78, 5) is 11.4. The Balaban J connectivity index is 2.55. The molecule has 102 valence electrons. The second-order valence-corrected chi connectivity index (χ2v) is 6.44. The summed E-state index contributed by atoms with van der Waals surface area (Å²) in [6.07, 6.45) is 0. The highest BCUT2D eigenvalue weighted by atomic mass is 28.4. The van der Waals surface area contributed by atoms with Crippen LogP contribution in [0.4, 0.5) is 17.8 Å². The molecule has 0 radical (unpaired) electrons. The molecular formula is C8H18N6O3Si. The maximum Gasteiger partial charge on any atom is 0.501 e. The average molecular weight is 274 g/mol. The van der Waals surface area contributed by atoms with Gasteiger partial charge in [-0.15, -0.1) is 0 Å². The highest BCUT2D eigenvalue weighted by Crippen LogP contribution is 2.12. The molecule has 0 aliphatic rings. The first kappa shape index (κ1) is 14.6. The Morgan fingerprint density at radius 3 is 1.94 bits per heavy atom. The van der Waals surface area contributed by atoms with E-state index < -0.39 is 8.80 Å². The number of anilines is 3. The molecular weight excluding hydrogens is 256 g/mol. The van der Waals surface area contributed by atoms with E-state index in [1.807, 2.05) is 0 Å². The number of nitrogens with one attached hydrogen (secondary N) is 1. The smallest absolute Gasteiger partial charge is 0.377 e. The van der Waals surface area contributed by atoms with Gasteiger partial charge in [0.2, 0.25) is 17.8 Å². The van der Waals surface area contributed by atoms with Crippen LogP contribution in [-0.4, -0.2) is 51.6 Å². The number of nitrogens with zero attached hydrogens (tertiary/aromatic N) is 3. The third-order valence-corrected chi connectivity index (χ3v) is 5.05. The fraction of sp³-hybridized carbons (Fsp3) is 0.625. The first-order valence-electron chi connectivity index (χ1n) is 5.21. The third-order valence-electron chi connectivity index (χ3n) is 2.32. The van der Waals surface area contributed by atoms with Crippen molar-refractivity contribution < 1.29 is 13.3 Å². The molecule has 18 heavy (non-hydrogen) atoms. The largest absolute Gasteiger partial charge is 0.501 e. The van der Waals surface area contributed by atoms with E-state index in [4.69, 9.17) is 24.7 Å². The molecule has 0 aliphatic heterocycles. The van der Waals surface area contributed by atoms with Crippen LogP contribution in [0.5, 0.6) is 0 Å². The van der Waals surface area contributed by atoms with Gasteiger partial charge >= 0.3 is 8.80 Å². The van der Waals surface area contributed by atoms with Crippen LogP contribution in [0.2, 0.25) is 6.04 Å². The van der Waals surface area contributed by atoms with E-state index in [2.05, 4.69) is 20.3 Å². The molecule has 0 bridgehead atoms. The van der Waals surface area contributed by atoms with Crippen LogP contribution in [-0.2, 0) is 13.3 Å². The molecule has 1 aromatic heterocycles. The Morgan fingerprint density at radius 2 is 1.50 bits per heavy atom. The Hall–Kier alpha value is -1.49. The van der Waals surface area contributed by atoms with Gasteiger partial charge in [-0.25, -0.2) is 0 Å². The Labute approximate surface area is 106 Å². The number of hydrogen-bond acceptors (Lipinski definition) is 9. The van der Waals surface area contributed by atoms with E-state index in [9.17, 15) is 0 Å². The van der Waals surface area contributed by atoms with E-state index in [1.54, 1.807) is 21.3 Å². The van der Waals surface area contributed by atoms with E-state index in [0.717, 1.165) is 0 Å². The van der Waals surface area contributed by atoms with Crippen LogP contribution in [0.15, 0.2) is 0 Å². The van der Waals surface area contributed by atoms with Crippen molar-refractivity contribution in [2.75, 3.05) is 44.7 Å². The molecule has 10 heteroatoms. The normalized spacial score (nSPS) is 11.5. The first-order chi connectivity index (χ1) is 8.55. The topological polar surface area (TPSA) is 130 Å². The molecule has 0 saturated carbocycles. The van der Waals surface area contributed by atoms with Gasteiger partial charge < -0.3 is 30.1 Å². The molecule has 0 aromatic carbocycles. The molecule has 9 nitrogen and oxygen atoms in total. The molecule has 1 heterocycles. The highest BCUT2D eigenvalue weighted by Gasteiger charge is 2.37. The van der Waals surface area contributed by atoms with E-state index >= 15 is 0 Å². The maximum absolute atomic E-state index is 5.45. The minimum absolute atomic E-state index is 0.0683. The van der Waals surface area contributed by atoms with E-state index in [1.165, 1.54) is 0 Å². The van der Waals surface area contributed by atoms with Gasteiger partial charge in [0, 0.05) is 33.9 Å². The van der Waals surface area contributed by atoms with Crippen LogP contribution in [0.3, 0.4) is 0 Å². The number of nitrogens with two attached hydrogens (primary N) is 2. The molecule has 0 unspecified atom stereocenters. The lowest BCUT2D eigenvalue weighted by Crippen LogP contribution is -2.44. The van der Waals surface area contributed by atoms with Gasteiger partial charge in [0.25, 0.3) is 0 Å². The van der Waals surface area contributed by atoms with E-state index in [0.29, 0.717) is 18.5 Å². The van der Waals surface area contributed by atoms with Crippen molar-refractivity contribution in [1.29, 1.82) is 0 Å². The molecule has 0 fully saturated rings. The SMILES string of the molecule is CO[Si](CCNc1nc(N)nc(N)n1)(OC)OC. The van der Waals surface area contributed by atoms with Crippen molar-refractivity contribution >= 4 is 26.6 Å². The zero-order valence-electron chi connectivity index (χ0n) is 10.6. The molecule has 0 aliphatic carbocycles. The monoisotopic (exact) mass is 274 g/mol. The van der Waals surface area contributed by atoms with Gasteiger partial charge in [-0.05, 0) is 0 Å². The van der Waals surface area contributed by atoms with Crippen molar-refractivity contribution in [3.05, 3.63) is 0 Å². The Bertz CT molecular complexity index is 361. The molecule has 1 aromatic rings. The quantitative estimate of drug-likeness (QED) is 0.554. The predicted molar refractivity (Wildman–Crippen MR) is 68.7 cm³/mol. The van der Waals surface area contributed by atoms with Crippen LogP contribution in [0, 0.1) is 0 Å². The van der Waals surface area contributed by atoms with Gasteiger partial charge in [0.1, 0.15) is 0 Å². The lowest BCUT2D eigenvalue weighted by molar-refractivity contribution is 0.124. The van der Waals surface area contributed by atoms with Crippen molar-refractivity contribution in [2.45, 2.75) is 6.04 Å². The molecule has 1 rings (SSSR count). The third kappa shape index (κ3) is 3.77. The van der Waals surface area contributed by atoms with Gasteiger partial charge in [0.15, 0.2) is 0 Å². The van der Waals surface area contributed by atoms with Crippen molar-refractivity contribution in [1.82, 2.24) is 15.0 Å². The summed E-state index contributed by atoms with van der Waals surface area (Å²) in [6, 6.07) is 0.558. The summed E-state index contributed by atoms with van der Waals surface area (Å²) in [7, 11) is 2.07. The number of aromatic nitrogens is 3. The summed E-state index contributed by atoms with van der Waals surface area (Å²) in [6.45, 7) is 0.505. The molecule has 5 N–H and O–H groups in total.